The molecular weight excluding hydrogens is 296 g/mol. The van der Waals surface area contributed by atoms with Crippen LogP contribution in [0.5, 0.6) is 5.75 Å². The van der Waals surface area contributed by atoms with E-state index in [0.717, 1.165) is 0 Å². The van der Waals surface area contributed by atoms with E-state index in [2.05, 4.69) is 5.32 Å². The fourth-order valence-electron chi connectivity index (χ4n) is 2.42. The minimum Gasteiger partial charge on any atom is -0.508 e. The summed E-state index contributed by atoms with van der Waals surface area (Å²) in [6.45, 7) is 1.66. The lowest BCUT2D eigenvalue weighted by atomic mass is 10.1. The SMILES string of the molecule is Cc1c(C(=O)Nc2cccc(N)c2)c(=O)oc2cc(O)ccc12. The molecule has 1 amide bonds. The lowest BCUT2D eigenvalue weighted by Crippen LogP contribution is -2.22. The molecule has 0 aliphatic rings. The van der Waals surface area contributed by atoms with Gasteiger partial charge < -0.3 is 20.6 Å². The Morgan fingerprint density at radius 2 is 2.00 bits per heavy atom. The van der Waals surface area contributed by atoms with Gasteiger partial charge in [-0.15, -0.1) is 0 Å². The summed E-state index contributed by atoms with van der Waals surface area (Å²) in [7, 11) is 0. The topological polar surface area (TPSA) is 106 Å². The van der Waals surface area contributed by atoms with E-state index in [4.69, 9.17) is 10.2 Å². The molecule has 0 saturated carbocycles. The number of phenolic OH excluding ortho intramolecular Hbond substituents is 1. The monoisotopic (exact) mass is 310 g/mol. The predicted molar refractivity (Wildman–Crippen MR) is 87.7 cm³/mol. The summed E-state index contributed by atoms with van der Waals surface area (Å²) in [5, 5.41) is 12.7. The number of hydrogen-bond acceptors (Lipinski definition) is 5. The number of nitrogen functional groups attached to an aromatic ring is 1. The van der Waals surface area contributed by atoms with Gasteiger partial charge in [0.1, 0.15) is 16.9 Å². The molecule has 0 spiro atoms. The third kappa shape index (κ3) is 2.74. The highest BCUT2D eigenvalue weighted by Crippen LogP contribution is 2.24. The van der Waals surface area contributed by atoms with E-state index >= 15 is 0 Å². The Kier molecular flexibility index (Phi) is 3.50. The second-order valence-corrected chi connectivity index (χ2v) is 5.15. The fraction of sp³-hybridized carbons (Fsp3) is 0.0588. The maximum Gasteiger partial charge on any atom is 0.349 e. The van der Waals surface area contributed by atoms with Crippen LogP contribution >= 0.6 is 0 Å². The van der Waals surface area contributed by atoms with E-state index in [0.29, 0.717) is 22.3 Å². The summed E-state index contributed by atoms with van der Waals surface area (Å²) < 4.78 is 5.14. The Hall–Kier alpha value is -3.28. The molecule has 4 N–H and O–H groups in total. The van der Waals surface area contributed by atoms with Crippen LogP contribution in [0.3, 0.4) is 0 Å². The number of nitrogens with two attached hydrogens (primary N) is 1. The first-order valence-corrected chi connectivity index (χ1v) is 6.89. The second-order valence-electron chi connectivity index (χ2n) is 5.15. The molecule has 0 aliphatic carbocycles. The minimum absolute atomic E-state index is 0.0167. The van der Waals surface area contributed by atoms with Gasteiger partial charge in [-0.25, -0.2) is 4.79 Å². The molecule has 0 aliphatic heterocycles. The van der Waals surface area contributed by atoms with E-state index in [9.17, 15) is 14.7 Å². The van der Waals surface area contributed by atoms with Crippen LogP contribution in [0.15, 0.2) is 51.7 Å². The van der Waals surface area contributed by atoms with Gasteiger partial charge in [0.05, 0.1) is 0 Å². The van der Waals surface area contributed by atoms with E-state index < -0.39 is 11.5 Å². The highest BCUT2D eigenvalue weighted by molar-refractivity contribution is 6.07. The number of hydrogen-bond donors (Lipinski definition) is 3. The van der Waals surface area contributed by atoms with Gasteiger partial charge >= 0.3 is 5.63 Å². The summed E-state index contributed by atoms with van der Waals surface area (Å²) >= 11 is 0. The fourth-order valence-corrected chi connectivity index (χ4v) is 2.42. The molecule has 1 aromatic heterocycles. The van der Waals surface area contributed by atoms with Crippen molar-refractivity contribution < 1.29 is 14.3 Å². The summed E-state index contributed by atoms with van der Waals surface area (Å²) in [5.41, 5.74) is 6.53. The Morgan fingerprint density at radius 3 is 2.74 bits per heavy atom. The number of benzene rings is 2. The Morgan fingerprint density at radius 1 is 1.22 bits per heavy atom. The number of anilines is 2. The van der Waals surface area contributed by atoms with Gasteiger partial charge in [0.15, 0.2) is 0 Å². The van der Waals surface area contributed by atoms with Crippen molar-refractivity contribution in [2.24, 2.45) is 0 Å². The lowest BCUT2D eigenvalue weighted by molar-refractivity contribution is 0.102. The Bertz CT molecular complexity index is 976. The van der Waals surface area contributed by atoms with E-state index in [1.54, 1.807) is 37.3 Å². The number of amides is 1. The molecular formula is C17H14N2O4. The smallest absolute Gasteiger partial charge is 0.349 e. The second kappa shape index (κ2) is 5.49. The molecule has 0 unspecified atom stereocenters. The Labute approximate surface area is 131 Å². The van der Waals surface area contributed by atoms with Crippen LogP contribution in [0.4, 0.5) is 11.4 Å². The first kappa shape index (κ1) is 14.6. The molecule has 0 bridgehead atoms. The standard InChI is InChI=1S/C17H14N2O4/c1-9-13-6-5-12(20)8-14(13)23-17(22)15(9)16(21)19-11-4-2-3-10(18)7-11/h2-8,20H,18H2,1H3,(H,19,21). The predicted octanol–water partition coefficient (Wildman–Crippen LogP) is 2.64. The van der Waals surface area contributed by atoms with Gasteiger partial charge in [-0.1, -0.05) is 6.07 Å². The zero-order valence-corrected chi connectivity index (χ0v) is 12.3. The number of fused-ring (bicyclic) bond motifs is 1. The molecule has 6 heteroatoms. The van der Waals surface area contributed by atoms with Gasteiger partial charge in [0.2, 0.25) is 0 Å². The van der Waals surface area contributed by atoms with Crippen molar-refractivity contribution in [3.8, 4) is 5.75 Å². The molecule has 3 rings (SSSR count). The van der Waals surface area contributed by atoms with Crippen LogP contribution in [-0.4, -0.2) is 11.0 Å². The van der Waals surface area contributed by atoms with Crippen molar-refractivity contribution in [2.75, 3.05) is 11.1 Å². The van der Waals surface area contributed by atoms with Crippen molar-refractivity contribution in [3.63, 3.8) is 0 Å². The van der Waals surface area contributed by atoms with E-state index in [-0.39, 0.29) is 16.9 Å². The van der Waals surface area contributed by atoms with Crippen molar-refractivity contribution >= 4 is 28.3 Å². The number of carbonyl (C=O) groups excluding carboxylic acids is 1. The van der Waals surface area contributed by atoms with Crippen LogP contribution in [0.25, 0.3) is 11.0 Å². The minimum atomic E-state index is -0.762. The third-order valence-electron chi connectivity index (χ3n) is 3.52. The zero-order chi connectivity index (χ0) is 16.6. The number of rotatable bonds is 2. The normalized spacial score (nSPS) is 10.7. The number of carbonyl (C=O) groups is 1. The van der Waals surface area contributed by atoms with Crippen LogP contribution in [0, 0.1) is 6.92 Å². The van der Waals surface area contributed by atoms with Crippen molar-refractivity contribution in [1.82, 2.24) is 0 Å². The Balaban J connectivity index is 2.07. The molecule has 0 radical (unpaired) electrons. The van der Waals surface area contributed by atoms with Crippen LogP contribution in [0.1, 0.15) is 15.9 Å². The van der Waals surface area contributed by atoms with Gasteiger partial charge in [-0.05, 0) is 42.8 Å². The first-order chi connectivity index (χ1) is 11.0. The third-order valence-corrected chi connectivity index (χ3v) is 3.52. The van der Waals surface area contributed by atoms with Crippen molar-refractivity contribution in [1.29, 1.82) is 0 Å². The van der Waals surface area contributed by atoms with Crippen LogP contribution < -0.4 is 16.7 Å². The van der Waals surface area contributed by atoms with Crippen molar-refractivity contribution in [2.45, 2.75) is 6.92 Å². The molecule has 0 atom stereocenters. The quantitative estimate of drug-likeness (QED) is 0.498. The van der Waals surface area contributed by atoms with Gasteiger partial charge in [-0.3, -0.25) is 4.79 Å². The van der Waals surface area contributed by atoms with E-state index in [1.807, 2.05) is 0 Å². The first-order valence-electron chi connectivity index (χ1n) is 6.89. The average molecular weight is 310 g/mol. The summed E-state index contributed by atoms with van der Waals surface area (Å²) in [6.07, 6.45) is 0. The maximum atomic E-state index is 12.4. The molecule has 2 aromatic carbocycles. The zero-order valence-electron chi connectivity index (χ0n) is 12.3. The van der Waals surface area contributed by atoms with Crippen molar-refractivity contribution in [3.05, 3.63) is 64.0 Å². The molecule has 116 valence electrons. The molecule has 0 saturated heterocycles. The number of aryl methyl sites for hydroxylation is 1. The molecule has 1 heterocycles. The van der Waals surface area contributed by atoms with Gasteiger partial charge in [-0.2, -0.15) is 0 Å². The highest BCUT2D eigenvalue weighted by atomic mass is 16.4. The molecule has 23 heavy (non-hydrogen) atoms. The maximum absolute atomic E-state index is 12.4. The highest BCUT2D eigenvalue weighted by Gasteiger charge is 2.19. The average Bonchev–Trinajstić information content (AvgIpc) is 2.46. The summed E-state index contributed by atoms with van der Waals surface area (Å²) in [5.74, 6) is -0.589. The molecule has 3 aromatic rings. The number of aromatic hydroxyl groups is 1. The number of nitrogens with one attached hydrogen (secondary N) is 1. The molecule has 6 nitrogen and oxygen atoms in total. The van der Waals surface area contributed by atoms with Gasteiger partial charge in [0.25, 0.3) is 5.91 Å². The summed E-state index contributed by atoms with van der Waals surface area (Å²) in [6, 6.07) is 11.1. The van der Waals surface area contributed by atoms with Crippen LogP contribution in [0.2, 0.25) is 0 Å². The largest absolute Gasteiger partial charge is 0.508 e. The van der Waals surface area contributed by atoms with E-state index in [1.165, 1.54) is 12.1 Å². The van der Waals surface area contributed by atoms with Crippen LogP contribution in [-0.2, 0) is 0 Å². The summed E-state index contributed by atoms with van der Waals surface area (Å²) in [4.78, 5) is 24.5. The van der Waals surface area contributed by atoms with Gasteiger partial charge in [0, 0.05) is 22.8 Å². The number of phenols is 1. The lowest BCUT2D eigenvalue weighted by Gasteiger charge is -2.09. The molecule has 0 fully saturated rings.